The van der Waals surface area contributed by atoms with Crippen LogP contribution in [0.1, 0.15) is 6.42 Å². The van der Waals surface area contributed by atoms with Gasteiger partial charge in [0.25, 0.3) is 0 Å². The lowest BCUT2D eigenvalue weighted by Gasteiger charge is -2.40. The molecule has 2 rings (SSSR count). The first-order chi connectivity index (χ1) is 6.05. The van der Waals surface area contributed by atoms with Crippen molar-refractivity contribution >= 4 is 10.0 Å². The van der Waals surface area contributed by atoms with Crippen LogP contribution in [-0.2, 0) is 10.0 Å². The summed E-state index contributed by atoms with van der Waals surface area (Å²) in [7, 11) is -2.96. The molecule has 0 aromatic heterocycles. The van der Waals surface area contributed by atoms with Gasteiger partial charge in [-0.1, -0.05) is 0 Å². The predicted molar refractivity (Wildman–Crippen MR) is 50.9 cm³/mol. The van der Waals surface area contributed by atoms with Crippen molar-refractivity contribution in [3.63, 3.8) is 0 Å². The van der Waals surface area contributed by atoms with Crippen molar-refractivity contribution in [1.29, 1.82) is 0 Å². The van der Waals surface area contributed by atoms with Crippen LogP contribution >= 0.6 is 0 Å². The summed E-state index contributed by atoms with van der Waals surface area (Å²) in [6.07, 6.45) is 2.50. The molecule has 2 aliphatic heterocycles. The van der Waals surface area contributed by atoms with Gasteiger partial charge in [-0.15, -0.1) is 0 Å². The van der Waals surface area contributed by atoms with Gasteiger partial charge in [-0.3, -0.25) is 0 Å². The maximum atomic E-state index is 11.3. The zero-order chi connectivity index (χ0) is 9.47. The molecule has 2 heterocycles. The highest BCUT2D eigenvalue weighted by Gasteiger charge is 2.33. The number of piperidine rings is 2. The Morgan fingerprint density at radius 1 is 1.23 bits per heavy atom. The Hall–Kier alpha value is -0.130. The highest BCUT2D eigenvalue weighted by Crippen LogP contribution is 2.25. The molecule has 4 nitrogen and oxygen atoms in total. The second kappa shape index (κ2) is 3.22. The van der Waals surface area contributed by atoms with Crippen molar-refractivity contribution < 1.29 is 8.42 Å². The standard InChI is InChI=1S/C8H16N2O2S/c1-13(11,12)10-5-7-2-8(6-10)4-9-3-7/h7-9H,2-6H2,1H3/t7-,8-/m0/s1. The van der Waals surface area contributed by atoms with Crippen LogP contribution in [0.3, 0.4) is 0 Å². The van der Waals surface area contributed by atoms with E-state index in [0.29, 0.717) is 24.9 Å². The topological polar surface area (TPSA) is 49.4 Å². The first-order valence-electron chi connectivity index (χ1n) is 4.71. The van der Waals surface area contributed by atoms with Gasteiger partial charge in [0.15, 0.2) is 0 Å². The average molecular weight is 204 g/mol. The van der Waals surface area contributed by atoms with Crippen LogP contribution in [0.5, 0.6) is 0 Å². The maximum Gasteiger partial charge on any atom is 0.211 e. The molecule has 0 aromatic rings. The number of sulfonamides is 1. The van der Waals surface area contributed by atoms with Crippen molar-refractivity contribution in [2.24, 2.45) is 11.8 Å². The summed E-state index contributed by atoms with van der Waals surface area (Å²) in [5.74, 6) is 1.06. The number of hydrogen-bond donors (Lipinski definition) is 1. The normalized spacial score (nSPS) is 36.1. The van der Waals surface area contributed by atoms with Crippen molar-refractivity contribution in [3.05, 3.63) is 0 Å². The van der Waals surface area contributed by atoms with E-state index >= 15 is 0 Å². The summed E-state index contributed by atoms with van der Waals surface area (Å²) >= 11 is 0. The number of nitrogens with one attached hydrogen (secondary N) is 1. The summed E-state index contributed by atoms with van der Waals surface area (Å²) in [5, 5.41) is 3.34. The first kappa shape index (κ1) is 9.43. The van der Waals surface area contributed by atoms with Gasteiger partial charge in [0.1, 0.15) is 0 Å². The van der Waals surface area contributed by atoms with Crippen molar-refractivity contribution in [3.8, 4) is 0 Å². The molecule has 0 saturated carbocycles. The van der Waals surface area contributed by atoms with E-state index in [1.807, 2.05) is 0 Å². The van der Waals surface area contributed by atoms with Crippen molar-refractivity contribution in [1.82, 2.24) is 9.62 Å². The van der Waals surface area contributed by atoms with Crippen LogP contribution < -0.4 is 5.32 Å². The minimum absolute atomic E-state index is 0.530. The first-order valence-corrected chi connectivity index (χ1v) is 6.56. The van der Waals surface area contributed by atoms with E-state index < -0.39 is 10.0 Å². The molecule has 2 fully saturated rings. The second-order valence-corrected chi connectivity index (χ2v) is 6.19. The van der Waals surface area contributed by atoms with Crippen LogP contribution in [0.2, 0.25) is 0 Å². The Morgan fingerprint density at radius 3 is 2.23 bits per heavy atom. The molecule has 0 unspecified atom stereocenters. The molecule has 1 N–H and O–H groups in total. The Bertz CT molecular complexity index is 277. The van der Waals surface area contributed by atoms with Gasteiger partial charge in [0, 0.05) is 13.1 Å². The van der Waals surface area contributed by atoms with Gasteiger partial charge >= 0.3 is 0 Å². The summed E-state index contributed by atoms with van der Waals surface area (Å²) in [6.45, 7) is 3.37. The van der Waals surface area contributed by atoms with Crippen LogP contribution in [0.4, 0.5) is 0 Å². The van der Waals surface area contributed by atoms with Gasteiger partial charge in [-0.2, -0.15) is 0 Å². The number of rotatable bonds is 1. The lowest BCUT2D eigenvalue weighted by atomic mass is 9.87. The zero-order valence-corrected chi connectivity index (χ0v) is 8.68. The van der Waals surface area contributed by atoms with E-state index in [9.17, 15) is 8.42 Å². The average Bonchev–Trinajstić information content (AvgIpc) is 2.01. The van der Waals surface area contributed by atoms with E-state index in [1.54, 1.807) is 4.31 Å². The van der Waals surface area contributed by atoms with Gasteiger partial charge in [-0.05, 0) is 31.3 Å². The third-order valence-corrected chi connectivity index (χ3v) is 4.16. The highest BCUT2D eigenvalue weighted by molar-refractivity contribution is 7.88. The largest absolute Gasteiger partial charge is 0.316 e. The SMILES string of the molecule is CS(=O)(=O)N1C[C@@H]2CNC[C@H](C2)C1. The van der Waals surface area contributed by atoms with Crippen LogP contribution in [0.25, 0.3) is 0 Å². The van der Waals surface area contributed by atoms with E-state index in [0.717, 1.165) is 13.1 Å². The van der Waals surface area contributed by atoms with Crippen LogP contribution in [0.15, 0.2) is 0 Å². The Kier molecular flexibility index (Phi) is 2.33. The molecule has 76 valence electrons. The minimum Gasteiger partial charge on any atom is -0.316 e. The number of hydrogen-bond acceptors (Lipinski definition) is 3. The third-order valence-electron chi connectivity index (χ3n) is 2.93. The smallest absolute Gasteiger partial charge is 0.211 e. The third kappa shape index (κ3) is 2.03. The Morgan fingerprint density at radius 2 is 1.77 bits per heavy atom. The minimum atomic E-state index is -2.96. The highest BCUT2D eigenvalue weighted by atomic mass is 32.2. The number of fused-ring (bicyclic) bond motifs is 2. The van der Waals surface area contributed by atoms with Crippen molar-refractivity contribution in [2.45, 2.75) is 6.42 Å². The molecule has 0 radical (unpaired) electrons. The fraction of sp³-hybridized carbons (Fsp3) is 1.00. The zero-order valence-electron chi connectivity index (χ0n) is 7.86. The Balaban J connectivity index is 2.10. The predicted octanol–water partition coefficient (Wildman–Crippen LogP) is -0.513. The van der Waals surface area contributed by atoms with E-state index in [1.165, 1.54) is 12.7 Å². The summed E-state index contributed by atoms with van der Waals surface area (Å²) < 4.78 is 24.3. The maximum absolute atomic E-state index is 11.3. The van der Waals surface area contributed by atoms with Crippen LogP contribution in [-0.4, -0.2) is 45.2 Å². The molecule has 5 heteroatoms. The fourth-order valence-corrected chi connectivity index (χ4v) is 3.29. The van der Waals surface area contributed by atoms with E-state index in [-0.39, 0.29) is 0 Å². The quantitative estimate of drug-likeness (QED) is 0.626. The molecule has 2 aliphatic rings. The summed E-state index contributed by atoms with van der Waals surface area (Å²) in [5.41, 5.74) is 0. The molecule has 13 heavy (non-hydrogen) atoms. The molecule has 0 aromatic carbocycles. The van der Waals surface area contributed by atoms with Gasteiger partial charge in [-0.25, -0.2) is 12.7 Å². The molecular formula is C8H16N2O2S. The Labute approximate surface area is 79.4 Å². The van der Waals surface area contributed by atoms with E-state index in [2.05, 4.69) is 5.32 Å². The summed E-state index contributed by atoms with van der Waals surface area (Å²) in [4.78, 5) is 0. The molecule has 2 saturated heterocycles. The number of nitrogens with zero attached hydrogens (tertiary/aromatic N) is 1. The van der Waals surface area contributed by atoms with E-state index in [4.69, 9.17) is 0 Å². The van der Waals surface area contributed by atoms with Gasteiger partial charge in [0.05, 0.1) is 6.26 Å². The van der Waals surface area contributed by atoms with Gasteiger partial charge in [0.2, 0.25) is 10.0 Å². The lowest BCUT2D eigenvalue weighted by Crippen LogP contribution is -2.52. The molecule has 2 bridgehead atoms. The molecule has 0 aliphatic carbocycles. The molecule has 0 amide bonds. The second-order valence-electron chi connectivity index (χ2n) is 4.21. The van der Waals surface area contributed by atoms with Gasteiger partial charge < -0.3 is 5.32 Å². The van der Waals surface area contributed by atoms with Crippen molar-refractivity contribution in [2.75, 3.05) is 32.4 Å². The molecular weight excluding hydrogens is 188 g/mol. The monoisotopic (exact) mass is 204 g/mol. The fourth-order valence-electron chi connectivity index (χ4n) is 2.33. The summed E-state index contributed by atoms with van der Waals surface area (Å²) in [6, 6.07) is 0. The molecule has 2 atom stereocenters. The van der Waals surface area contributed by atoms with Crippen LogP contribution in [0, 0.1) is 11.8 Å². The molecule has 0 spiro atoms. The lowest BCUT2D eigenvalue weighted by molar-refractivity contribution is 0.159.